The third kappa shape index (κ3) is 33.3. The maximum Gasteiger partial charge on any atom is 0.222 e. The molecule has 0 aliphatic heterocycles. The SMILES string of the molecule is CCCCCCCCCCCCCCCCCCCCCCCC(O)C(CO)NC(=O)CC(O)CCCCCCCCCCCC. The second-order valence-corrected chi connectivity index (χ2v) is 14.6. The molecule has 0 spiro atoms. The summed E-state index contributed by atoms with van der Waals surface area (Å²) in [6.45, 7) is 4.26. The van der Waals surface area contributed by atoms with Crippen molar-refractivity contribution in [1.29, 1.82) is 0 Å². The number of aliphatic hydroxyl groups excluding tert-OH is 3. The van der Waals surface area contributed by atoms with Gasteiger partial charge in [-0.25, -0.2) is 0 Å². The first kappa shape index (κ1) is 45.3. The first-order valence-electron chi connectivity index (χ1n) is 20.8. The average molecular weight is 654 g/mol. The summed E-state index contributed by atoms with van der Waals surface area (Å²) >= 11 is 0. The number of aliphatic hydroxyl groups is 3. The predicted octanol–water partition coefficient (Wildman–Crippen LogP) is 11.5. The molecule has 0 radical (unpaired) electrons. The van der Waals surface area contributed by atoms with E-state index in [1.165, 1.54) is 173 Å². The monoisotopic (exact) mass is 654 g/mol. The van der Waals surface area contributed by atoms with Crippen molar-refractivity contribution in [3.05, 3.63) is 0 Å². The van der Waals surface area contributed by atoms with E-state index >= 15 is 0 Å². The fraction of sp³-hybridized carbons (Fsp3) is 0.976. The first-order chi connectivity index (χ1) is 22.5. The molecule has 0 aromatic rings. The molecule has 0 heterocycles. The molecule has 0 aromatic carbocycles. The maximum atomic E-state index is 12.4. The van der Waals surface area contributed by atoms with Crippen molar-refractivity contribution in [2.75, 3.05) is 6.61 Å². The van der Waals surface area contributed by atoms with Crippen molar-refractivity contribution in [2.45, 2.75) is 250 Å². The third-order valence-corrected chi connectivity index (χ3v) is 9.92. The molecule has 3 unspecified atom stereocenters. The van der Waals surface area contributed by atoms with Gasteiger partial charge < -0.3 is 20.6 Å². The summed E-state index contributed by atoms with van der Waals surface area (Å²) in [6.07, 6.45) is 40.7. The van der Waals surface area contributed by atoms with Gasteiger partial charge in [0.25, 0.3) is 0 Å². The maximum absolute atomic E-state index is 12.4. The van der Waals surface area contributed by atoms with Gasteiger partial charge in [-0.2, -0.15) is 0 Å². The molecule has 5 nitrogen and oxygen atoms in total. The van der Waals surface area contributed by atoms with Gasteiger partial charge in [0, 0.05) is 0 Å². The summed E-state index contributed by atoms with van der Waals surface area (Å²) in [5.74, 6) is -0.281. The van der Waals surface area contributed by atoms with Gasteiger partial charge in [-0.3, -0.25) is 4.79 Å². The van der Waals surface area contributed by atoms with E-state index in [1.807, 2.05) is 0 Å². The highest BCUT2D eigenvalue weighted by atomic mass is 16.3. The van der Waals surface area contributed by atoms with Crippen LogP contribution in [-0.4, -0.2) is 46.1 Å². The minimum atomic E-state index is -0.742. The largest absolute Gasteiger partial charge is 0.394 e. The van der Waals surface area contributed by atoms with Crippen molar-refractivity contribution in [3.8, 4) is 0 Å². The molecule has 46 heavy (non-hydrogen) atoms. The van der Waals surface area contributed by atoms with Crippen LogP contribution in [0.4, 0.5) is 0 Å². The van der Waals surface area contributed by atoms with Crippen molar-refractivity contribution in [2.24, 2.45) is 0 Å². The zero-order valence-electron chi connectivity index (χ0n) is 31.2. The van der Waals surface area contributed by atoms with E-state index < -0.39 is 18.2 Å². The highest BCUT2D eigenvalue weighted by molar-refractivity contribution is 5.76. The van der Waals surface area contributed by atoms with Gasteiger partial charge in [0.2, 0.25) is 5.91 Å². The van der Waals surface area contributed by atoms with Crippen molar-refractivity contribution < 1.29 is 20.1 Å². The molecule has 0 saturated heterocycles. The summed E-state index contributed by atoms with van der Waals surface area (Å²) in [4.78, 5) is 12.4. The number of hydrogen-bond acceptors (Lipinski definition) is 4. The van der Waals surface area contributed by atoms with E-state index in [4.69, 9.17) is 0 Å². The van der Waals surface area contributed by atoms with Crippen LogP contribution in [0.5, 0.6) is 0 Å². The molecular weight excluding hydrogens is 570 g/mol. The van der Waals surface area contributed by atoms with Crippen LogP contribution < -0.4 is 5.32 Å². The van der Waals surface area contributed by atoms with E-state index in [1.54, 1.807) is 0 Å². The van der Waals surface area contributed by atoms with Crippen LogP contribution in [0.2, 0.25) is 0 Å². The lowest BCUT2D eigenvalue weighted by molar-refractivity contribution is -0.125. The highest BCUT2D eigenvalue weighted by Gasteiger charge is 2.21. The molecule has 0 bridgehead atoms. The second-order valence-electron chi connectivity index (χ2n) is 14.6. The molecule has 3 atom stereocenters. The molecular formula is C41H83NO4. The molecule has 0 fully saturated rings. The number of carbonyl (C=O) groups excluding carboxylic acids is 1. The van der Waals surface area contributed by atoms with E-state index in [-0.39, 0.29) is 18.9 Å². The van der Waals surface area contributed by atoms with Gasteiger partial charge >= 0.3 is 0 Å². The molecule has 0 aliphatic rings. The van der Waals surface area contributed by atoms with E-state index in [0.29, 0.717) is 12.8 Å². The number of rotatable bonds is 38. The van der Waals surface area contributed by atoms with Crippen molar-refractivity contribution in [3.63, 3.8) is 0 Å². The van der Waals surface area contributed by atoms with Crippen LogP contribution in [-0.2, 0) is 4.79 Å². The Labute approximate surface area is 287 Å². The second kappa shape index (κ2) is 37.2. The number of hydrogen-bond donors (Lipinski definition) is 4. The zero-order valence-corrected chi connectivity index (χ0v) is 31.2. The lowest BCUT2D eigenvalue weighted by atomic mass is 10.0. The molecule has 4 N–H and O–H groups in total. The van der Waals surface area contributed by atoms with Gasteiger partial charge in [0.05, 0.1) is 31.3 Å². The molecule has 276 valence electrons. The zero-order chi connectivity index (χ0) is 33.8. The number of amides is 1. The van der Waals surface area contributed by atoms with Crippen LogP contribution in [0.25, 0.3) is 0 Å². The molecule has 0 aromatic heterocycles. The fourth-order valence-corrected chi connectivity index (χ4v) is 6.70. The van der Waals surface area contributed by atoms with Crippen LogP contribution in [0.15, 0.2) is 0 Å². The Kier molecular flexibility index (Phi) is 36.6. The lowest BCUT2D eigenvalue weighted by Crippen LogP contribution is -2.46. The van der Waals surface area contributed by atoms with Crippen LogP contribution in [0.1, 0.15) is 232 Å². The Bertz CT molecular complexity index is 601. The quantitative estimate of drug-likeness (QED) is 0.0499. The predicted molar refractivity (Wildman–Crippen MR) is 199 cm³/mol. The fourth-order valence-electron chi connectivity index (χ4n) is 6.70. The van der Waals surface area contributed by atoms with Crippen molar-refractivity contribution in [1.82, 2.24) is 5.32 Å². The number of nitrogens with one attached hydrogen (secondary N) is 1. The van der Waals surface area contributed by atoms with Crippen LogP contribution >= 0.6 is 0 Å². The van der Waals surface area contributed by atoms with Gasteiger partial charge in [0.1, 0.15) is 0 Å². The molecule has 0 saturated carbocycles. The smallest absolute Gasteiger partial charge is 0.222 e. The van der Waals surface area contributed by atoms with E-state index in [9.17, 15) is 20.1 Å². The van der Waals surface area contributed by atoms with Gasteiger partial charge in [-0.1, -0.05) is 213 Å². The first-order valence-corrected chi connectivity index (χ1v) is 20.8. The summed E-state index contributed by atoms with van der Waals surface area (Å²) < 4.78 is 0. The number of unbranched alkanes of at least 4 members (excludes halogenated alkanes) is 29. The van der Waals surface area contributed by atoms with Gasteiger partial charge in [0.15, 0.2) is 0 Å². The third-order valence-electron chi connectivity index (χ3n) is 9.92. The van der Waals surface area contributed by atoms with Crippen molar-refractivity contribution >= 4 is 5.91 Å². The Morgan fingerprint density at radius 3 is 1.04 bits per heavy atom. The summed E-state index contributed by atoms with van der Waals surface area (Å²) in [5, 5.41) is 33.3. The normalized spacial score (nSPS) is 13.6. The minimum absolute atomic E-state index is 0.0417. The van der Waals surface area contributed by atoms with E-state index in [2.05, 4.69) is 19.2 Å². The molecule has 0 rings (SSSR count). The lowest BCUT2D eigenvalue weighted by Gasteiger charge is -2.23. The van der Waals surface area contributed by atoms with Crippen LogP contribution in [0, 0.1) is 0 Å². The van der Waals surface area contributed by atoms with E-state index in [0.717, 1.165) is 25.7 Å². The molecule has 5 heteroatoms. The Morgan fingerprint density at radius 1 is 0.457 bits per heavy atom. The van der Waals surface area contributed by atoms with Crippen LogP contribution in [0.3, 0.4) is 0 Å². The molecule has 0 aliphatic carbocycles. The Balaban J connectivity index is 3.56. The Morgan fingerprint density at radius 2 is 0.739 bits per heavy atom. The summed E-state index contributed by atoms with van der Waals surface area (Å²) in [7, 11) is 0. The topological polar surface area (TPSA) is 89.8 Å². The molecule has 1 amide bonds. The Hall–Kier alpha value is -0.650. The minimum Gasteiger partial charge on any atom is -0.394 e. The summed E-state index contributed by atoms with van der Waals surface area (Å²) in [5.41, 5.74) is 0. The standard InChI is InChI=1S/C41H83NO4/c1-3-5-7-9-11-13-15-16-17-18-19-20-21-22-23-24-25-27-29-31-33-35-40(45)39(37-43)42-41(46)36-38(44)34-32-30-28-26-14-12-10-8-6-4-2/h38-40,43-45H,3-37H2,1-2H3,(H,42,46). The highest BCUT2D eigenvalue weighted by Crippen LogP contribution is 2.17. The number of carbonyl (C=O) groups is 1. The summed E-state index contributed by atoms with van der Waals surface area (Å²) in [6, 6.07) is -0.651. The van der Waals surface area contributed by atoms with Gasteiger partial charge in [-0.15, -0.1) is 0 Å². The van der Waals surface area contributed by atoms with Gasteiger partial charge in [-0.05, 0) is 12.8 Å². The average Bonchev–Trinajstić information content (AvgIpc) is 3.05.